The molecular weight excluding hydrogens is 284 g/mol. The number of likely N-dealkylation sites (N-methyl/N-ethyl adjacent to an activating group) is 1. The summed E-state index contributed by atoms with van der Waals surface area (Å²) in [5, 5.41) is 3.31. The van der Waals surface area contributed by atoms with E-state index in [-0.39, 0.29) is 24.4 Å². The molecule has 4 heteroatoms. The van der Waals surface area contributed by atoms with Gasteiger partial charge in [-0.3, -0.25) is 4.79 Å². The van der Waals surface area contributed by atoms with Gasteiger partial charge in [0.25, 0.3) is 0 Å². The Morgan fingerprint density at radius 3 is 2.43 bits per heavy atom. The van der Waals surface area contributed by atoms with Gasteiger partial charge in [-0.15, -0.1) is 12.4 Å². The van der Waals surface area contributed by atoms with Crippen molar-refractivity contribution in [1.29, 1.82) is 0 Å². The van der Waals surface area contributed by atoms with Crippen molar-refractivity contribution in [2.45, 2.75) is 39.2 Å². The van der Waals surface area contributed by atoms with Crippen molar-refractivity contribution < 1.29 is 4.79 Å². The summed E-state index contributed by atoms with van der Waals surface area (Å²) in [7, 11) is 1.95. The molecular formula is C17H27ClN2O. The van der Waals surface area contributed by atoms with Gasteiger partial charge in [-0.2, -0.15) is 0 Å². The van der Waals surface area contributed by atoms with Crippen molar-refractivity contribution in [3.05, 3.63) is 35.4 Å². The van der Waals surface area contributed by atoms with Crippen molar-refractivity contribution in [3.8, 4) is 0 Å². The monoisotopic (exact) mass is 310 g/mol. The molecule has 1 fully saturated rings. The Kier molecular flexibility index (Phi) is 7.20. The van der Waals surface area contributed by atoms with Crippen LogP contribution in [0.15, 0.2) is 24.3 Å². The molecule has 0 saturated carbocycles. The number of rotatable bonds is 4. The Morgan fingerprint density at radius 2 is 1.86 bits per heavy atom. The molecule has 1 unspecified atom stereocenters. The zero-order valence-corrected chi connectivity index (χ0v) is 14.1. The number of aryl methyl sites for hydroxylation is 1. The highest BCUT2D eigenvalue weighted by atomic mass is 35.5. The molecule has 1 aliphatic heterocycles. The molecule has 118 valence electrons. The summed E-state index contributed by atoms with van der Waals surface area (Å²) in [5.74, 6) is 0.521. The van der Waals surface area contributed by atoms with Crippen molar-refractivity contribution in [2.75, 3.05) is 20.1 Å². The number of nitrogens with zero attached hydrogens (tertiary/aromatic N) is 1. The minimum absolute atomic E-state index is 0. The van der Waals surface area contributed by atoms with Gasteiger partial charge < -0.3 is 10.2 Å². The number of piperidine rings is 1. The SMILES string of the molecule is Cc1ccc(CC(C)N(C)C(=O)C2CCNCC2)cc1.Cl. The van der Waals surface area contributed by atoms with Gasteiger partial charge in [0.2, 0.25) is 5.91 Å². The fourth-order valence-corrected chi connectivity index (χ4v) is 2.78. The van der Waals surface area contributed by atoms with E-state index in [0.717, 1.165) is 32.4 Å². The largest absolute Gasteiger partial charge is 0.342 e. The summed E-state index contributed by atoms with van der Waals surface area (Å²) in [6, 6.07) is 8.84. The number of hydrogen-bond acceptors (Lipinski definition) is 2. The van der Waals surface area contributed by atoms with Crippen LogP contribution in [0.5, 0.6) is 0 Å². The lowest BCUT2D eigenvalue weighted by molar-refractivity contribution is -0.136. The average Bonchev–Trinajstić information content (AvgIpc) is 2.49. The predicted octanol–water partition coefficient (Wildman–Crippen LogP) is 2.81. The van der Waals surface area contributed by atoms with Gasteiger partial charge in [0.05, 0.1) is 0 Å². The number of halogens is 1. The van der Waals surface area contributed by atoms with Crippen molar-refractivity contribution in [1.82, 2.24) is 10.2 Å². The number of amides is 1. The first-order valence-electron chi connectivity index (χ1n) is 7.61. The summed E-state index contributed by atoms with van der Waals surface area (Å²) in [6.45, 7) is 6.17. The zero-order valence-electron chi connectivity index (χ0n) is 13.3. The van der Waals surface area contributed by atoms with Gasteiger partial charge >= 0.3 is 0 Å². The van der Waals surface area contributed by atoms with E-state index >= 15 is 0 Å². The van der Waals surface area contributed by atoms with Gasteiger partial charge in [0, 0.05) is 19.0 Å². The second-order valence-corrected chi connectivity index (χ2v) is 6.01. The first-order valence-corrected chi connectivity index (χ1v) is 7.61. The van der Waals surface area contributed by atoms with Crippen molar-refractivity contribution in [2.24, 2.45) is 5.92 Å². The molecule has 1 saturated heterocycles. The van der Waals surface area contributed by atoms with Gasteiger partial charge in [-0.05, 0) is 51.8 Å². The maximum absolute atomic E-state index is 12.5. The molecule has 1 amide bonds. The molecule has 0 aliphatic carbocycles. The summed E-state index contributed by atoms with van der Waals surface area (Å²) >= 11 is 0. The predicted molar refractivity (Wildman–Crippen MR) is 90.0 cm³/mol. The minimum atomic E-state index is 0. The minimum Gasteiger partial charge on any atom is -0.342 e. The second-order valence-electron chi connectivity index (χ2n) is 6.01. The van der Waals surface area contributed by atoms with E-state index in [1.54, 1.807) is 0 Å². The molecule has 0 aromatic heterocycles. The number of hydrogen-bond donors (Lipinski definition) is 1. The van der Waals surface area contributed by atoms with Crippen LogP contribution < -0.4 is 5.32 Å². The standard InChI is InChI=1S/C17H26N2O.ClH/c1-13-4-6-15(7-5-13)12-14(2)19(3)17(20)16-8-10-18-11-9-16;/h4-7,14,16,18H,8-12H2,1-3H3;1H. The van der Waals surface area contributed by atoms with Crippen LogP contribution in [0.2, 0.25) is 0 Å². The van der Waals surface area contributed by atoms with Gasteiger partial charge in [0.1, 0.15) is 0 Å². The molecule has 0 radical (unpaired) electrons. The van der Waals surface area contributed by atoms with Gasteiger partial charge in [0.15, 0.2) is 0 Å². The average molecular weight is 311 g/mol. The lowest BCUT2D eigenvalue weighted by Crippen LogP contribution is -2.43. The van der Waals surface area contributed by atoms with E-state index in [2.05, 4.69) is 43.4 Å². The number of carbonyl (C=O) groups excluding carboxylic acids is 1. The third kappa shape index (κ3) is 5.01. The third-order valence-electron chi connectivity index (χ3n) is 4.35. The molecule has 0 bridgehead atoms. The van der Waals surface area contributed by atoms with E-state index < -0.39 is 0 Å². The van der Waals surface area contributed by atoms with Crippen LogP contribution >= 0.6 is 12.4 Å². The summed E-state index contributed by atoms with van der Waals surface area (Å²) in [6.07, 6.45) is 2.87. The van der Waals surface area contributed by atoms with Crippen LogP contribution in [0, 0.1) is 12.8 Å². The van der Waals surface area contributed by atoms with E-state index in [1.807, 2.05) is 11.9 Å². The first kappa shape index (κ1) is 18.0. The highest BCUT2D eigenvalue weighted by Crippen LogP contribution is 2.17. The van der Waals surface area contributed by atoms with Crippen LogP contribution in [0.3, 0.4) is 0 Å². The zero-order chi connectivity index (χ0) is 14.5. The van der Waals surface area contributed by atoms with E-state index in [9.17, 15) is 4.79 Å². The van der Waals surface area contributed by atoms with E-state index in [1.165, 1.54) is 11.1 Å². The van der Waals surface area contributed by atoms with Crippen LogP contribution in [-0.4, -0.2) is 37.0 Å². The fraction of sp³-hybridized carbons (Fsp3) is 0.588. The topological polar surface area (TPSA) is 32.3 Å². The summed E-state index contributed by atoms with van der Waals surface area (Å²) in [5.41, 5.74) is 2.58. The fourth-order valence-electron chi connectivity index (χ4n) is 2.78. The first-order chi connectivity index (χ1) is 9.58. The molecule has 3 nitrogen and oxygen atoms in total. The maximum atomic E-state index is 12.5. The van der Waals surface area contributed by atoms with Crippen LogP contribution in [0.25, 0.3) is 0 Å². The molecule has 1 atom stereocenters. The van der Waals surface area contributed by atoms with Crippen LogP contribution in [-0.2, 0) is 11.2 Å². The Labute approximate surface area is 134 Å². The number of nitrogens with one attached hydrogen (secondary N) is 1. The van der Waals surface area contributed by atoms with Gasteiger partial charge in [-0.1, -0.05) is 29.8 Å². The lowest BCUT2D eigenvalue weighted by atomic mass is 9.95. The maximum Gasteiger partial charge on any atom is 0.225 e. The third-order valence-corrected chi connectivity index (χ3v) is 4.35. The van der Waals surface area contributed by atoms with E-state index in [4.69, 9.17) is 0 Å². The summed E-state index contributed by atoms with van der Waals surface area (Å²) in [4.78, 5) is 14.4. The van der Waals surface area contributed by atoms with Crippen molar-refractivity contribution in [3.63, 3.8) is 0 Å². The molecule has 0 spiro atoms. The number of benzene rings is 1. The van der Waals surface area contributed by atoms with Gasteiger partial charge in [-0.25, -0.2) is 0 Å². The summed E-state index contributed by atoms with van der Waals surface area (Å²) < 4.78 is 0. The van der Waals surface area contributed by atoms with Crippen LogP contribution in [0.1, 0.15) is 30.9 Å². The Hall–Kier alpha value is -1.06. The van der Waals surface area contributed by atoms with Crippen molar-refractivity contribution >= 4 is 18.3 Å². The Morgan fingerprint density at radius 1 is 1.29 bits per heavy atom. The Balaban J connectivity index is 0.00000220. The lowest BCUT2D eigenvalue weighted by Gasteiger charge is -2.31. The molecule has 2 rings (SSSR count). The molecule has 1 aliphatic rings. The number of carbonyl (C=O) groups is 1. The molecule has 1 N–H and O–H groups in total. The highest BCUT2D eigenvalue weighted by Gasteiger charge is 2.26. The highest BCUT2D eigenvalue weighted by molar-refractivity contribution is 5.85. The van der Waals surface area contributed by atoms with E-state index in [0.29, 0.717) is 5.91 Å². The molecule has 1 aromatic rings. The smallest absolute Gasteiger partial charge is 0.225 e. The quantitative estimate of drug-likeness (QED) is 0.927. The Bertz CT molecular complexity index is 441. The molecule has 1 aromatic carbocycles. The van der Waals surface area contributed by atoms with Crippen LogP contribution in [0.4, 0.5) is 0 Å². The second kappa shape index (κ2) is 8.40. The normalized spacial score (nSPS) is 16.9. The molecule has 21 heavy (non-hydrogen) atoms. The molecule has 1 heterocycles.